The van der Waals surface area contributed by atoms with Gasteiger partial charge >= 0.3 is 388 Å². The van der Waals surface area contributed by atoms with E-state index in [-0.39, 0.29) is 42.3 Å². The number of rotatable bonds is 10. The minimum atomic E-state index is -3.13. The summed E-state index contributed by atoms with van der Waals surface area (Å²) in [6.45, 7) is 73.0. The maximum Gasteiger partial charge on any atom is -1.00 e. The molecule has 4 rings (SSSR count). The van der Waals surface area contributed by atoms with Crippen molar-refractivity contribution in [1.82, 2.24) is 0 Å². The van der Waals surface area contributed by atoms with Crippen LogP contribution in [0.25, 0.3) is 0 Å². The van der Waals surface area contributed by atoms with Crippen LogP contribution in [0.2, 0.25) is 123 Å². The number of aryl methyl sites for hydroxylation is 3. The Labute approximate surface area is 421 Å². The number of allylic oxidation sites excluding steroid dienone is 4. The number of hydrogen-bond donors (Lipinski definition) is 0. The van der Waals surface area contributed by atoms with Crippen LogP contribution in [0.15, 0.2) is 38.8 Å². The first kappa shape index (κ1) is 60.3. The number of halogens is 3. The molecule has 344 valence electrons. The molecule has 0 bridgehead atoms. The summed E-state index contributed by atoms with van der Waals surface area (Å²) >= 11 is 2.56. The van der Waals surface area contributed by atoms with Crippen molar-refractivity contribution >= 4 is 103 Å². The number of hydrogen-bond acceptors (Lipinski definition) is 0. The van der Waals surface area contributed by atoms with Crippen LogP contribution in [0.5, 0.6) is 0 Å². The van der Waals surface area contributed by atoms with Crippen molar-refractivity contribution in [2.45, 2.75) is 192 Å². The van der Waals surface area contributed by atoms with Gasteiger partial charge in [-0.05, 0) is 0 Å². The molecule has 0 heterocycles. The van der Waals surface area contributed by atoms with Crippen molar-refractivity contribution in [2.75, 3.05) is 0 Å². The second-order valence-corrected chi connectivity index (χ2v) is 60.4. The zero-order chi connectivity index (χ0) is 46.1. The summed E-state index contributed by atoms with van der Waals surface area (Å²) in [5.41, 5.74) is 14.3. The minimum Gasteiger partial charge on any atom is -1.00 e. The van der Waals surface area contributed by atoms with Crippen molar-refractivity contribution in [1.29, 1.82) is 0 Å². The topological polar surface area (TPSA) is 0 Å². The Morgan fingerprint density at radius 2 is 0.565 bits per heavy atom. The molecule has 62 heavy (non-hydrogen) atoms. The van der Waals surface area contributed by atoms with Crippen molar-refractivity contribution in [3.05, 3.63) is 72.2 Å². The van der Waals surface area contributed by atoms with Crippen LogP contribution in [-0.2, 0) is 20.4 Å². The molecule has 0 saturated carbocycles. The molecule has 1 atom stereocenters. The van der Waals surface area contributed by atoms with E-state index < -0.39 is 56.5 Å². The molecule has 11 heteroatoms. The Hall–Kier alpha value is 0.242. The average Bonchev–Trinajstić information content (AvgIpc) is 3.17. The molecule has 0 nitrogen and oxygen atoms in total. The molecule has 0 N–H and O–H groups in total. The zero-order valence-electron chi connectivity index (χ0n) is 44.9. The molecule has 0 saturated heterocycles. The van der Waals surface area contributed by atoms with Crippen LogP contribution in [0, 0.1) is 41.5 Å². The second-order valence-electron chi connectivity index (χ2n) is 25.5. The Bertz CT molecular complexity index is 2060. The fourth-order valence-electron chi connectivity index (χ4n) is 12.7. The van der Waals surface area contributed by atoms with Crippen molar-refractivity contribution in [2.24, 2.45) is 0 Å². The van der Waals surface area contributed by atoms with E-state index in [2.05, 4.69) is 226 Å². The summed E-state index contributed by atoms with van der Waals surface area (Å²) in [5.74, 6) is 0. The van der Waals surface area contributed by atoms with Gasteiger partial charge in [0.25, 0.3) is 0 Å². The van der Waals surface area contributed by atoms with Gasteiger partial charge in [-0.25, -0.2) is 0 Å². The van der Waals surface area contributed by atoms with Crippen molar-refractivity contribution in [3.8, 4) is 0 Å². The third kappa shape index (κ3) is 9.75. The molecule has 0 amide bonds. The molecule has 0 radical (unpaired) electrons. The van der Waals surface area contributed by atoms with Gasteiger partial charge in [-0.1, -0.05) is 0 Å². The maximum atomic E-state index is 2.85. The maximum absolute atomic E-state index is 3.13. The van der Waals surface area contributed by atoms with Gasteiger partial charge in [0.2, 0.25) is 0 Å². The Balaban J connectivity index is 0.00000641. The third-order valence-electron chi connectivity index (χ3n) is 14.6. The van der Waals surface area contributed by atoms with E-state index >= 15 is 0 Å². The van der Waals surface area contributed by atoms with Gasteiger partial charge in [-0.15, -0.1) is 0 Å². The summed E-state index contributed by atoms with van der Waals surface area (Å²) in [6, 6.07) is 8.54. The van der Waals surface area contributed by atoms with Gasteiger partial charge in [0.05, 0.1) is 0 Å². The predicted molar refractivity (Wildman–Crippen MR) is 290 cm³/mol. The zero-order valence-corrected chi connectivity index (χ0v) is 55.7. The Morgan fingerprint density at radius 3 is 0.726 bits per heavy atom. The minimum absolute atomic E-state index is 0. The molecule has 1 unspecified atom stereocenters. The van der Waals surface area contributed by atoms with Crippen molar-refractivity contribution in [3.63, 3.8) is 0 Å². The van der Waals surface area contributed by atoms with Crippen LogP contribution >= 0.6 is 0 Å². The molecule has 3 aromatic rings. The van der Waals surface area contributed by atoms with Crippen LogP contribution < -0.4 is 83.9 Å². The van der Waals surface area contributed by atoms with E-state index in [0.29, 0.717) is 0 Å². The Morgan fingerprint density at radius 1 is 0.355 bits per heavy atom. The van der Waals surface area contributed by atoms with E-state index in [0.717, 1.165) is 0 Å². The monoisotopic (exact) mass is 1050 g/mol. The van der Waals surface area contributed by atoms with Gasteiger partial charge in [0.15, 0.2) is 0 Å². The predicted octanol–water partition coefficient (Wildman–Crippen LogP) is 1.22. The van der Waals surface area contributed by atoms with Gasteiger partial charge in [-0.2, -0.15) is 0 Å². The fourth-order valence-corrected chi connectivity index (χ4v) is 41.7. The molecule has 0 aromatic heterocycles. The van der Waals surface area contributed by atoms with E-state index in [1.165, 1.54) is 11.1 Å². The first-order valence-corrected chi connectivity index (χ1v) is 46.5. The fraction of sp³-hybridized carbons (Fsp3) is 0.569. The molecular formula is C51H87Cl3Si7Ti. The van der Waals surface area contributed by atoms with E-state index in [4.69, 9.17) is 0 Å². The average molecular weight is 1050 g/mol. The summed E-state index contributed by atoms with van der Waals surface area (Å²) < 4.78 is 1.61. The van der Waals surface area contributed by atoms with Gasteiger partial charge in [0.1, 0.15) is 0 Å². The quantitative estimate of drug-likeness (QED) is 0.212. The molecule has 1 aliphatic rings. The SMILES string of the molecule is CC1=C(C)C(C)([Si](c2cc(C)c([Si](C)(C)C)c([Si](C)(C)C)c2C)(c2cc(C)c([Si](C)(C)C)c([Si](C)(C)C)c2C)c2cc(C)c([Si](C)(C)C)c([Si](C)(C)C)c2C)[C]([Ti+3])=C1C.[Cl-].[Cl-].[Cl-]. The standard InChI is InChI=1S/C51H87Si7.3ClH.Ti/c1-33-29-42(38(6)48(55(20,21)22)45(33)52(11,12)13)58(51(10)32-36(4)37(5)41(51)9,43-30-34(2)46(53(14,15)16)49(39(43)7)56(23,24)25)44-31-35(3)47(54(17,18)19)50(40(44)8)57(26,27)28;;;;/h29-31H,1-28H3;3*1H;/q;;;;+3/p-3. The summed E-state index contributed by atoms with van der Waals surface area (Å²) in [7, 11) is -13.8. The van der Waals surface area contributed by atoms with E-state index in [1.807, 2.05) is 0 Å². The molecule has 1 aliphatic carbocycles. The van der Waals surface area contributed by atoms with Gasteiger partial charge < -0.3 is 37.2 Å². The smallest absolute Gasteiger partial charge is 1.00 e. The first-order chi connectivity index (χ1) is 26.1. The van der Waals surface area contributed by atoms with Crippen LogP contribution in [-0.4, -0.2) is 56.5 Å². The van der Waals surface area contributed by atoms with E-state index in [9.17, 15) is 0 Å². The number of benzene rings is 3. The molecule has 0 spiro atoms. The Kier molecular flexibility index (Phi) is 18.4. The second kappa shape index (κ2) is 19.0. The van der Waals surface area contributed by atoms with Crippen LogP contribution in [0.4, 0.5) is 0 Å². The van der Waals surface area contributed by atoms with E-state index in [1.54, 1.807) is 89.5 Å². The molecule has 0 aliphatic heterocycles. The van der Waals surface area contributed by atoms with Gasteiger partial charge in [-0.3, -0.25) is 0 Å². The summed E-state index contributed by atoms with van der Waals surface area (Å²) in [4.78, 5) is 0. The first-order valence-electron chi connectivity index (χ1n) is 22.7. The largest absolute Gasteiger partial charge is 1.00 e. The van der Waals surface area contributed by atoms with Crippen LogP contribution in [0.1, 0.15) is 61.1 Å². The third-order valence-corrected chi connectivity index (χ3v) is 36.0. The molecular weight excluding hydrogens is 963 g/mol. The molecule has 0 fully saturated rings. The normalized spacial score (nSPS) is 17.0. The van der Waals surface area contributed by atoms with Crippen LogP contribution in [0.3, 0.4) is 0 Å². The van der Waals surface area contributed by atoms with Gasteiger partial charge in [0, 0.05) is 0 Å². The summed E-state index contributed by atoms with van der Waals surface area (Å²) in [6.07, 6.45) is 0. The molecule has 3 aromatic carbocycles. The summed E-state index contributed by atoms with van der Waals surface area (Å²) in [5, 5.41) is 15.6. The van der Waals surface area contributed by atoms with Crippen molar-refractivity contribution < 1.29 is 57.7 Å².